The molecular weight excluding hydrogens is 188 g/mol. The summed E-state index contributed by atoms with van der Waals surface area (Å²) in [7, 11) is 0. The molecular formula is C10H13F2NO. The van der Waals surface area contributed by atoms with E-state index in [-0.39, 0.29) is 5.56 Å². The molecule has 2 atom stereocenters. The standard InChI is InChI=1S/C10H13F2NO/c1-5-3-4-7(11)8(9(5)12)10(13)6(2)14/h3-4,6,10,14H,13H2,1-2H3/t6-,10-/m1/s1. The maximum Gasteiger partial charge on any atom is 0.133 e. The first-order valence-electron chi connectivity index (χ1n) is 4.33. The monoisotopic (exact) mass is 201 g/mol. The van der Waals surface area contributed by atoms with Crippen LogP contribution in [0.1, 0.15) is 24.1 Å². The molecule has 0 aliphatic heterocycles. The fraction of sp³-hybridized carbons (Fsp3) is 0.400. The van der Waals surface area contributed by atoms with Crippen LogP contribution < -0.4 is 5.73 Å². The zero-order valence-electron chi connectivity index (χ0n) is 8.09. The average molecular weight is 201 g/mol. The maximum absolute atomic E-state index is 13.4. The Balaban J connectivity index is 3.25. The van der Waals surface area contributed by atoms with Crippen LogP contribution in [0.25, 0.3) is 0 Å². The van der Waals surface area contributed by atoms with Crippen LogP contribution in [0.3, 0.4) is 0 Å². The van der Waals surface area contributed by atoms with Gasteiger partial charge in [0.25, 0.3) is 0 Å². The summed E-state index contributed by atoms with van der Waals surface area (Å²) in [5.41, 5.74) is 5.55. The third kappa shape index (κ3) is 1.91. The number of aryl methyl sites for hydroxylation is 1. The third-order valence-corrected chi connectivity index (χ3v) is 2.17. The highest BCUT2D eigenvalue weighted by molar-refractivity contribution is 5.29. The van der Waals surface area contributed by atoms with Gasteiger partial charge in [-0.2, -0.15) is 0 Å². The van der Waals surface area contributed by atoms with Crippen LogP contribution in [0.15, 0.2) is 12.1 Å². The van der Waals surface area contributed by atoms with Crippen molar-refractivity contribution in [3.8, 4) is 0 Å². The van der Waals surface area contributed by atoms with Crippen LogP contribution in [0.4, 0.5) is 8.78 Å². The zero-order valence-corrected chi connectivity index (χ0v) is 8.09. The average Bonchev–Trinajstić information content (AvgIpc) is 2.12. The van der Waals surface area contributed by atoms with Crippen LogP contribution in [-0.4, -0.2) is 11.2 Å². The van der Waals surface area contributed by atoms with E-state index in [4.69, 9.17) is 10.8 Å². The molecule has 0 heterocycles. The number of halogens is 2. The molecule has 0 amide bonds. The van der Waals surface area contributed by atoms with Gasteiger partial charge in [-0.3, -0.25) is 0 Å². The van der Waals surface area contributed by atoms with Crippen LogP contribution in [0, 0.1) is 18.6 Å². The van der Waals surface area contributed by atoms with E-state index in [0.29, 0.717) is 5.56 Å². The lowest BCUT2D eigenvalue weighted by molar-refractivity contribution is 0.160. The summed E-state index contributed by atoms with van der Waals surface area (Å²) in [6.07, 6.45) is -0.985. The number of aliphatic hydroxyl groups is 1. The molecule has 0 saturated heterocycles. The van der Waals surface area contributed by atoms with E-state index in [1.165, 1.54) is 19.9 Å². The molecule has 0 radical (unpaired) electrons. The van der Waals surface area contributed by atoms with E-state index < -0.39 is 23.8 Å². The number of hydrogen-bond acceptors (Lipinski definition) is 2. The Morgan fingerprint density at radius 2 is 1.93 bits per heavy atom. The van der Waals surface area contributed by atoms with Crippen molar-refractivity contribution >= 4 is 0 Å². The summed E-state index contributed by atoms with van der Waals surface area (Å²) in [4.78, 5) is 0. The molecule has 78 valence electrons. The molecule has 2 nitrogen and oxygen atoms in total. The van der Waals surface area contributed by atoms with Gasteiger partial charge in [-0.15, -0.1) is 0 Å². The Bertz CT molecular complexity index is 339. The van der Waals surface area contributed by atoms with Crippen LogP contribution in [0.2, 0.25) is 0 Å². The van der Waals surface area contributed by atoms with Gasteiger partial charge in [0, 0.05) is 5.56 Å². The third-order valence-electron chi connectivity index (χ3n) is 2.17. The van der Waals surface area contributed by atoms with E-state index in [1.54, 1.807) is 0 Å². The molecule has 3 N–H and O–H groups in total. The molecule has 0 unspecified atom stereocenters. The Kier molecular flexibility index (Phi) is 3.18. The first-order valence-corrected chi connectivity index (χ1v) is 4.33. The van der Waals surface area contributed by atoms with Gasteiger partial charge in [0.2, 0.25) is 0 Å². The topological polar surface area (TPSA) is 46.2 Å². The minimum atomic E-state index is -1.03. The Morgan fingerprint density at radius 1 is 1.36 bits per heavy atom. The van der Waals surface area contributed by atoms with E-state index in [1.807, 2.05) is 0 Å². The normalized spacial score (nSPS) is 15.3. The minimum Gasteiger partial charge on any atom is -0.391 e. The minimum absolute atomic E-state index is 0.250. The quantitative estimate of drug-likeness (QED) is 0.764. The summed E-state index contributed by atoms with van der Waals surface area (Å²) in [6, 6.07) is 1.45. The van der Waals surface area contributed by atoms with Gasteiger partial charge in [-0.25, -0.2) is 8.78 Å². The number of aliphatic hydroxyl groups excluding tert-OH is 1. The SMILES string of the molecule is Cc1ccc(F)c([C@H](N)[C@@H](C)O)c1F. The summed E-state index contributed by atoms with van der Waals surface area (Å²) in [5.74, 6) is -1.40. The highest BCUT2D eigenvalue weighted by Crippen LogP contribution is 2.23. The number of nitrogens with two attached hydrogens (primary N) is 1. The van der Waals surface area contributed by atoms with Crippen LogP contribution in [0.5, 0.6) is 0 Å². The largest absolute Gasteiger partial charge is 0.391 e. The first-order chi connectivity index (χ1) is 6.45. The lowest BCUT2D eigenvalue weighted by Gasteiger charge is -2.17. The van der Waals surface area contributed by atoms with E-state index in [9.17, 15) is 8.78 Å². The lowest BCUT2D eigenvalue weighted by Crippen LogP contribution is -2.25. The molecule has 4 heteroatoms. The fourth-order valence-electron chi connectivity index (χ4n) is 1.23. The van der Waals surface area contributed by atoms with Gasteiger partial charge in [-0.05, 0) is 25.5 Å². The van der Waals surface area contributed by atoms with Crippen molar-refractivity contribution in [2.24, 2.45) is 5.73 Å². The molecule has 0 aromatic heterocycles. The van der Waals surface area contributed by atoms with Crippen molar-refractivity contribution in [3.05, 3.63) is 34.9 Å². The van der Waals surface area contributed by atoms with Crippen molar-refractivity contribution in [2.75, 3.05) is 0 Å². The van der Waals surface area contributed by atoms with Crippen LogP contribution in [-0.2, 0) is 0 Å². The molecule has 0 spiro atoms. The molecule has 0 fully saturated rings. The molecule has 0 saturated carbocycles. The van der Waals surface area contributed by atoms with Crippen molar-refractivity contribution in [3.63, 3.8) is 0 Å². The maximum atomic E-state index is 13.4. The summed E-state index contributed by atoms with van der Waals surface area (Å²) >= 11 is 0. The van der Waals surface area contributed by atoms with E-state index in [2.05, 4.69) is 0 Å². The smallest absolute Gasteiger partial charge is 0.133 e. The molecule has 1 aromatic carbocycles. The highest BCUT2D eigenvalue weighted by Gasteiger charge is 2.21. The van der Waals surface area contributed by atoms with Gasteiger partial charge in [0.1, 0.15) is 11.6 Å². The van der Waals surface area contributed by atoms with Crippen molar-refractivity contribution in [2.45, 2.75) is 26.0 Å². The van der Waals surface area contributed by atoms with Crippen LogP contribution >= 0.6 is 0 Å². The Morgan fingerprint density at radius 3 is 2.43 bits per heavy atom. The van der Waals surface area contributed by atoms with Crippen molar-refractivity contribution in [1.82, 2.24) is 0 Å². The summed E-state index contributed by atoms with van der Waals surface area (Å²) in [5, 5.41) is 9.16. The molecule has 0 bridgehead atoms. The number of hydrogen-bond donors (Lipinski definition) is 2. The van der Waals surface area contributed by atoms with Gasteiger partial charge in [-0.1, -0.05) is 6.07 Å². The highest BCUT2D eigenvalue weighted by atomic mass is 19.1. The fourth-order valence-corrected chi connectivity index (χ4v) is 1.23. The van der Waals surface area contributed by atoms with Crippen molar-refractivity contribution in [1.29, 1.82) is 0 Å². The molecule has 0 aliphatic carbocycles. The van der Waals surface area contributed by atoms with Gasteiger partial charge < -0.3 is 10.8 Å². The number of rotatable bonds is 2. The molecule has 1 aromatic rings. The second-order valence-corrected chi connectivity index (χ2v) is 3.36. The second kappa shape index (κ2) is 4.02. The van der Waals surface area contributed by atoms with Gasteiger partial charge >= 0.3 is 0 Å². The van der Waals surface area contributed by atoms with Gasteiger partial charge in [0.05, 0.1) is 12.1 Å². The predicted octanol–water partition coefficient (Wildman–Crippen LogP) is 1.65. The Labute approximate surface area is 81.4 Å². The van der Waals surface area contributed by atoms with E-state index in [0.717, 1.165) is 6.07 Å². The van der Waals surface area contributed by atoms with Crippen molar-refractivity contribution < 1.29 is 13.9 Å². The van der Waals surface area contributed by atoms with E-state index >= 15 is 0 Å². The molecule has 1 rings (SSSR count). The lowest BCUT2D eigenvalue weighted by atomic mass is 10.00. The molecule has 0 aliphatic rings. The first kappa shape index (κ1) is 11.1. The summed E-state index contributed by atoms with van der Waals surface area (Å²) < 4.78 is 26.7. The Hall–Kier alpha value is -1.00. The zero-order chi connectivity index (χ0) is 10.9. The van der Waals surface area contributed by atoms with Gasteiger partial charge in [0.15, 0.2) is 0 Å². The summed E-state index contributed by atoms with van der Waals surface area (Å²) in [6.45, 7) is 2.92. The molecule has 14 heavy (non-hydrogen) atoms. The second-order valence-electron chi connectivity index (χ2n) is 3.36. The predicted molar refractivity (Wildman–Crippen MR) is 49.7 cm³/mol. The number of benzene rings is 1.